The third-order valence-corrected chi connectivity index (χ3v) is 4.90. The van der Waals surface area contributed by atoms with E-state index < -0.39 is 11.8 Å². The molecule has 0 aliphatic rings. The minimum Gasteiger partial charge on any atom is -0.493 e. The quantitative estimate of drug-likeness (QED) is 0.341. The number of hydrogen-bond donors (Lipinski definition) is 2. The Balaban J connectivity index is 1.85. The molecule has 31 heavy (non-hydrogen) atoms. The highest BCUT2D eigenvalue weighted by molar-refractivity contribution is 5.99. The zero-order valence-electron chi connectivity index (χ0n) is 18.5. The average Bonchev–Trinajstić information content (AvgIpc) is 2.77. The molecule has 0 unspecified atom stereocenters. The molecule has 2 aromatic rings. The molecule has 0 aromatic heterocycles. The van der Waals surface area contributed by atoms with Crippen LogP contribution in [-0.2, 0) is 4.79 Å². The molecule has 0 aliphatic heterocycles. The van der Waals surface area contributed by atoms with E-state index in [9.17, 15) is 14.4 Å². The van der Waals surface area contributed by atoms with Gasteiger partial charge in [0.2, 0.25) is 5.91 Å². The Bertz CT molecular complexity index is 940. The third kappa shape index (κ3) is 7.13. The van der Waals surface area contributed by atoms with Crippen molar-refractivity contribution in [3.8, 4) is 11.5 Å². The number of hydrogen-bond acceptors (Lipinski definition) is 5. The van der Waals surface area contributed by atoms with Gasteiger partial charge in [0, 0.05) is 24.0 Å². The van der Waals surface area contributed by atoms with Gasteiger partial charge in [0.25, 0.3) is 5.91 Å². The molecule has 0 bridgehead atoms. The molecular weight excluding hydrogens is 396 g/mol. The minimum atomic E-state index is -0.493. The number of aryl methyl sites for hydroxylation is 2. The summed E-state index contributed by atoms with van der Waals surface area (Å²) in [6, 6.07) is 10.3. The smallest absolute Gasteiger partial charge is 0.269 e. The van der Waals surface area contributed by atoms with Gasteiger partial charge in [-0.25, -0.2) is 0 Å². The van der Waals surface area contributed by atoms with Gasteiger partial charge in [-0.05, 0) is 55.7 Å². The van der Waals surface area contributed by atoms with Crippen LogP contribution >= 0.6 is 0 Å². The van der Waals surface area contributed by atoms with Crippen LogP contribution in [0.4, 0.5) is 0 Å². The topological polar surface area (TPSA) is 93.7 Å². The van der Waals surface area contributed by atoms with E-state index in [1.54, 1.807) is 24.3 Å². The van der Waals surface area contributed by atoms with E-state index in [1.807, 2.05) is 26.0 Å². The highest BCUT2D eigenvalue weighted by atomic mass is 16.5. The van der Waals surface area contributed by atoms with E-state index in [1.165, 1.54) is 7.11 Å². The van der Waals surface area contributed by atoms with E-state index in [4.69, 9.17) is 9.47 Å². The van der Waals surface area contributed by atoms with Crippen LogP contribution in [0, 0.1) is 13.8 Å². The number of rotatable bonds is 10. The van der Waals surface area contributed by atoms with Crippen molar-refractivity contribution in [3.05, 3.63) is 58.7 Å². The fourth-order valence-electron chi connectivity index (χ4n) is 2.80. The summed E-state index contributed by atoms with van der Waals surface area (Å²) in [4.78, 5) is 36.6. The maximum absolute atomic E-state index is 12.3. The van der Waals surface area contributed by atoms with Crippen molar-refractivity contribution in [2.24, 2.45) is 0 Å². The minimum absolute atomic E-state index is 0.0282. The van der Waals surface area contributed by atoms with Gasteiger partial charge in [-0.1, -0.05) is 25.5 Å². The summed E-state index contributed by atoms with van der Waals surface area (Å²) in [5.41, 5.74) is 7.72. The van der Waals surface area contributed by atoms with E-state index in [0.717, 1.165) is 24.0 Å². The lowest BCUT2D eigenvalue weighted by molar-refractivity contribution is -0.121. The van der Waals surface area contributed by atoms with E-state index in [0.29, 0.717) is 29.2 Å². The number of carbonyl (C=O) groups is 3. The maximum Gasteiger partial charge on any atom is 0.269 e. The Morgan fingerprint density at radius 1 is 0.871 bits per heavy atom. The zero-order chi connectivity index (χ0) is 22.8. The van der Waals surface area contributed by atoms with Gasteiger partial charge in [-0.15, -0.1) is 0 Å². The predicted molar refractivity (Wildman–Crippen MR) is 118 cm³/mol. The number of hydrazine groups is 1. The first-order valence-corrected chi connectivity index (χ1v) is 10.4. The first kappa shape index (κ1) is 23.9. The summed E-state index contributed by atoms with van der Waals surface area (Å²) in [7, 11) is 1.50. The van der Waals surface area contributed by atoms with Crippen molar-refractivity contribution in [1.29, 1.82) is 0 Å². The van der Waals surface area contributed by atoms with E-state index in [2.05, 4.69) is 17.8 Å². The Hall–Kier alpha value is -3.35. The highest BCUT2D eigenvalue weighted by Gasteiger charge is 2.14. The monoisotopic (exact) mass is 426 g/mol. The number of amides is 2. The van der Waals surface area contributed by atoms with Crippen molar-refractivity contribution >= 4 is 17.6 Å². The molecule has 2 N–H and O–H groups in total. The lowest BCUT2D eigenvalue weighted by Gasteiger charge is -2.12. The predicted octanol–water partition coefficient (Wildman–Crippen LogP) is 3.92. The number of ether oxygens (including phenoxy) is 2. The second-order valence-corrected chi connectivity index (χ2v) is 7.29. The van der Waals surface area contributed by atoms with Crippen molar-refractivity contribution in [2.45, 2.75) is 46.5 Å². The lowest BCUT2D eigenvalue weighted by Crippen LogP contribution is -2.41. The standard InChI is InChI=1S/C24H30N2O5/c1-5-6-13-31-21-11-9-19(15-22(21)30-4)24(29)26-25-23(28)12-10-20(27)18-8-7-16(2)17(3)14-18/h7-9,11,14-15H,5-6,10,12-13H2,1-4H3,(H,25,28)(H,26,29). The van der Waals surface area contributed by atoms with Crippen LogP contribution in [-0.4, -0.2) is 31.3 Å². The van der Waals surface area contributed by atoms with Gasteiger partial charge in [0.1, 0.15) is 0 Å². The van der Waals surface area contributed by atoms with E-state index in [-0.39, 0.29) is 18.6 Å². The molecule has 0 atom stereocenters. The van der Waals surface area contributed by atoms with Crippen molar-refractivity contribution in [3.63, 3.8) is 0 Å². The molecule has 166 valence electrons. The maximum atomic E-state index is 12.3. The van der Waals surface area contributed by atoms with Gasteiger partial charge >= 0.3 is 0 Å². The summed E-state index contributed by atoms with van der Waals surface area (Å²) in [6.45, 7) is 6.55. The fourth-order valence-corrected chi connectivity index (χ4v) is 2.80. The normalized spacial score (nSPS) is 10.3. The summed E-state index contributed by atoms with van der Waals surface area (Å²) >= 11 is 0. The summed E-state index contributed by atoms with van der Waals surface area (Å²) < 4.78 is 10.9. The Kier molecular flexibility index (Phi) is 9.06. The number of methoxy groups -OCH3 is 1. The molecule has 0 radical (unpaired) electrons. The van der Waals surface area contributed by atoms with Crippen LogP contribution in [0.5, 0.6) is 11.5 Å². The number of unbranched alkanes of at least 4 members (excludes halogenated alkanes) is 1. The summed E-state index contributed by atoms with van der Waals surface area (Å²) in [5.74, 6) is -0.0623. The summed E-state index contributed by atoms with van der Waals surface area (Å²) in [6.07, 6.45) is 1.96. The van der Waals surface area contributed by atoms with Crippen LogP contribution in [0.2, 0.25) is 0 Å². The van der Waals surface area contributed by atoms with Gasteiger partial charge in [0.15, 0.2) is 17.3 Å². The molecule has 0 fully saturated rings. The molecule has 2 rings (SSSR count). The molecule has 7 heteroatoms. The van der Waals surface area contributed by atoms with Gasteiger partial charge < -0.3 is 9.47 Å². The van der Waals surface area contributed by atoms with Crippen LogP contribution in [0.1, 0.15) is 64.4 Å². The molecule has 0 saturated carbocycles. The second-order valence-electron chi connectivity index (χ2n) is 7.29. The molecule has 0 aliphatic carbocycles. The SMILES string of the molecule is CCCCOc1ccc(C(=O)NNC(=O)CCC(=O)c2ccc(C)c(C)c2)cc1OC. The third-order valence-electron chi connectivity index (χ3n) is 4.90. The molecule has 0 saturated heterocycles. The molecule has 2 aromatic carbocycles. The number of benzene rings is 2. The number of carbonyl (C=O) groups excluding carboxylic acids is 3. The zero-order valence-corrected chi connectivity index (χ0v) is 18.5. The second kappa shape index (κ2) is 11.7. The number of Topliss-reactive ketones (excluding diaryl/α,β-unsaturated/α-hetero) is 1. The van der Waals surface area contributed by atoms with Crippen LogP contribution in [0.3, 0.4) is 0 Å². The first-order chi connectivity index (χ1) is 14.8. The van der Waals surface area contributed by atoms with Crippen LogP contribution in [0.25, 0.3) is 0 Å². The highest BCUT2D eigenvalue weighted by Crippen LogP contribution is 2.28. The van der Waals surface area contributed by atoms with Crippen molar-refractivity contribution < 1.29 is 23.9 Å². The Morgan fingerprint density at radius 2 is 1.61 bits per heavy atom. The Morgan fingerprint density at radius 3 is 2.29 bits per heavy atom. The Labute approximate surface area is 183 Å². The van der Waals surface area contributed by atoms with Gasteiger partial charge in [-0.3, -0.25) is 25.2 Å². The molecule has 0 spiro atoms. The largest absolute Gasteiger partial charge is 0.493 e. The molecule has 0 heterocycles. The first-order valence-electron chi connectivity index (χ1n) is 10.4. The average molecular weight is 427 g/mol. The van der Waals surface area contributed by atoms with E-state index >= 15 is 0 Å². The number of ketones is 1. The van der Waals surface area contributed by atoms with Crippen molar-refractivity contribution in [2.75, 3.05) is 13.7 Å². The fraction of sp³-hybridized carbons (Fsp3) is 0.375. The van der Waals surface area contributed by atoms with Crippen LogP contribution in [0.15, 0.2) is 36.4 Å². The van der Waals surface area contributed by atoms with Gasteiger partial charge in [0.05, 0.1) is 13.7 Å². The van der Waals surface area contributed by atoms with Crippen molar-refractivity contribution in [1.82, 2.24) is 10.9 Å². The molecule has 2 amide bonds. The summed E-state index contributed by atoms with van der Waals surface area (Å²) in [5, 5.41) is 0. The van der Waals surface area contributed by atoms with Gasteiger partial charge in [-0.2, -0.15) is 0 Å². The lowest BCUT2D eigenvalue weighted by atomic mass is 10.0. The number of nitrogens with one attached hydrogen (secondary N) is 2. The molecular formula is C24H30N2O5. The van der Waals surface area contributed by atoms with Crippen LogP contribution < -0.4 is 20.3 Å². The molecule has 7 nitrogen and oxygen atoms in total.